The molecule has 0 radical (unpaired) electrons. The molecule has 0 N–H and O–H groups in total. The quantitative estimate of drug-likeness (QED) is 0.189. The second-order valence-electron chi connectivity index (χ2n) is 11.6. The minimum Gasteiger partial charge on any atom is -0.345 e. The maximum atomic E-state index is 2.46. The number of allylic oxidation sites excluding steroid dienone is 2. The summed E-state index contributed by atoms with van der Waals surface area (Å²) in [5.41, 5.74) is 9.70. The number of nitrogens with zero attached hydrogens (tertiary/aromatic N) is 2. The lowest BCUT2D eigenvalue weighted by Crippen LogP contribution is -2.35. The van der Waals surface area contributed by atoms with Crippen LogP contribution in [0, 0.1) is 5.92 Å². The average molecular weight is 569 g/mol. The van der Waals surface area contributed by atoms with Crippen molar-refractivity contribution in [3.8, 4) is 11.1 Å². The monoisotopic (exact) mass is 568 g/mol. The number of benzene rings is 6. The Morgan fingerprint density at radius 3 is 1.73 bits per heavy atom. The molecule has 214 valence electrons. The van der Waals surface area contributed by atoms with Gasteiger partial charge in [0.25, 0.3) is 0 Å². The van der Waals surface area contributed by atoms with Gasteiger partial charge in [-0.3, -0.25) is 0 Å². The largest absolute Gasteiger partial charge is 0.345 e. The summed E-state index contributed by atoms with van der Waals surface area (Å²) in [7, 11) is 2.14. The summed E-state index contributed by atoms with van der Waals surface area (Å²) in [5, 5.41) is 2.52. The highest BCUT2D eigenvalue weighted by Gasteiger charge is 2.26. The van der Waals surface area contributed by atoms with E-state index in [2.05, 4.69) is 194 Å². The van der Waals surface area contributed by atoms with Crippen LogP contribution in [0.1, 0.15) is 12.5 Å². The lowest BCUT2D eigenvalue weighted by molar-refractivity contribution is 0.611. The first-order valence-corrected chi connectivity index (χ1v) is 15.4. The van der Waals surface area contributed by atoms with Crippen LogP contribution in [0.5, 0.6) is 0 Å². The number of hydrogen-bond acceptors (Lipinski definition) is 2. The van der Waals surface area contributed by atoms with Crippen LogP contribution < -0.4 is 9.80 Å². The Balaban J connectivity index is 1.12. The molecule has 7 rings (SSSR count). The van der Waals surface area contributed by atoms with E-state index in [0.29, 0.717) is 5.92 Å². The van der Waals surface area contributed by atoms with E-state index in [1.54, 1.807) is 0 Å². The summed E-state index contributed by atoms with van der Waals surface area (Å²) in [5.74, 6) is 0.309. The zero-order valence-electron chi connectivity index (χ0n) is 25.2. The van der Waals surface area contributed by atoms with Gasteiger partial charge in [0, 0.05) is 29.8 Å². The summed E-state index contributed by atoms with van der Waals surface area (Å²) in [4.78, 5) is 4.71. The molecule has 0 fully saturated rings. The molecule has 0 aromatic heterocycles. The Labute approximate surface area is 260 Å². The van der Waals surface area contributed by atoms with Crippen LogP contribution in [0.25, 0.3) is 27.5 Å². The fourth-order valence-corrected chi connectivity index (χ4v) is 6.27. The van der Waals surface area contributed by atoms with Crippen molar-refractivity contribution in [1.82, 2.24) is 0 Å². The fourth-order valence-electron chi connectivity index (χ4n) is 6.27. The highest BCUT2D eigenvalue weighted by atomic mass is 15.2. The highest BCUT2D eigenvalue weighted by Crippen LogP contribution is 2.37. The summed E-state index contributed by atoms with van der Waals surface area (Å²) < 4.78 is 0. The first-order valence-electron chi connectivity index (χ1n) is 15.4. The van der Waals surface area contributed by atoms with E-state index in [0.717, 1.165) is 0 Å². The third-order valence-electron chi connectivity index (χ3n) is 8.75. The molecule has 6 aromatic rings. The molecular formula is C42H36N2. The standard InChI is InChI=1S/C42H36N2/c1-31-29-37(35-17-23-38(24-18-35)43(2)41-27-21-33-13-9-10-14-36(33)30-41)22-28-42(31)44(39-15-7-4-8-16-39)40-25-19-34(20-26-40)32-11-5-3-6-12-32/h3-31,42H,1-2H3. The topological polar surface area (TPSA) is 6.48 Å². The molecule has 2 atom stereocenters. The molecule has 0 saturated carbocycles. The van der Waals surface area contributed by atoms with Crippen molar-refractivity contribution in [1.29, 1.82) is 0 Å². The average Bonchev–Trinajstić information content (AvgIpc) is 3.10. The zero-order valence-corrected chi connectivity index (χ0v) is 25.2. The van der Waals surface area contributed by atoms with Crippen LogP contribution in [-0.4, -0.2) is 13.1 Å². The van der Waals surface area contributed by atoms with Crippen molar-refractivity contribution in [2.75, 3.05) is 16.8 Å². The van der Waals surface area contributed by atoms with Crippen molar-refractivity contribution >= 4 is 39.1 Å². The Morgan fingerprint density at radius 1 is 0.477 bits per heavy atom. The van der Waals surface area contributed by atoms with Gasteiger partial charge in [-0.05, 0) is 87.5 Å². The van der Waals surface area contributed by atoms with E-state index in [4.69, 9.17) is 0 Å². The minimum absolute atomic E-state index is 0.196. The van der Waals surface area contributed by atoms with Crippen LogP contribution in [0.3, 0.4) is 0 Å². The summed E-state index contributed by atoms with van der Waals surface area (Å²) in [6.45, 7) is 2.32. The van der Waals surface area contributed by atoms with Crippen LogP contribution in [0.15, 0.2) is 170 Å². The van der Waals surface area contributed by atoms with Gasteiger partial charge in [0.1, 0.15) is 0 Å². The van der Waals surface area contributed by atoms with Gasteiger partial charge < -0.3 is 9.80 Å². The number of para-hydroxylation sites is 1. The van der Waals surface area contributed by atoms with Crippen LogP contribution in [0.4, 0.5) is 22.7 Å². The molecule has 1 aliphatic carbocycles. The lowest BCUT2D eigenvalue weighted by Gasteiger charge is -2.37. The van der Waals surface area contributed by atoms with Crippen molar-refractivity contribution in [3.05, 3.63) is 175 Å². The number of anilines is 4. The lowest BCUT2D eigenvalue weighted by atomic mass is 9.88. The molecule has 0 heterocycles. The van der Waals surface area contributed by atoms with Gasteiger partial charge >= 0.3 is 0 Å². The molecule has 2 heteroatoms. The first kappa shape index (κ1) is 27.5. The number of fused-ring (bicyclic) bond motifs is 1. The van der Waals surface area contributed by atoms with Gasteiger partial charge in [0.2, 0.25) is 0 Å². The maximum Gasteiger partial charge on any atom is 0.0585 e. The molecule has 2 nitrogen and oxygen atoms in total. The van der Waals surface area contributed by atoms with Crippen LogP contribution >= 0.6 is 0 Å². The van der Waals surface area contributed by atoms with E-state index in [1.807, 2.05) is 0 Å². The Kier molecular flexibility index (Phi) is 7.56. The van der Waals surface area contributed by atoms with Gasteiger partial charge in [-0.1, -0.05) is 128 Å². The van der Waals surface area contributed by atoms with Crippen molar-refractivity contribution in [2.45, 2.75) is 13.0 Å². The molecule has 2 unspecified atom stereocenters. The van der Waals surface area contributed by atoms with E-state index in [-0.39, 0.29) is 6.04 Å². The number of hydrogen-bond donors (Lipinski definition) is 0. The normalized spacial score (nSPS) is 16.0. The van der Waals surface area contributed by atoms with Gasteiger partial charge in [-0.2, -0.15) is 0 Å². The molecule has 0 bridgehead atoms. The summed E-state index contributed by atoms with van der Waals surface area (Å²) >= 11 is 0. The Morgan fingerprint density at radius 2 is 1.02 bits per heavy atom. The second kappa shape index (κ2) is 12.1. The predicted octanol–water partition coefficient (Wildman–Crippen LogP) is 11.1. The number of rotatable bonds is 7. The zero-order chi connectivity index (χ0) is 29.9. The van der Waals surface area contributed by atoms with E-state index in [1.165, 1.54) is 55.8 Å². The molecule has 0 aliphatic heterocycles. The highest BCUT2D eigenvalue weighted by molar-refractivity contribution is 5.87. The van der Waals surface area contributed by atoms with Crippen molar-refractivity contribution < 1.29 is 0 Å². The predicted molar refractivity (Wildman–Crippen MR) is 189 cm³/mol. The SMILES string of the molecule is CC1C=C(c2ccc(N(C)c3ccc4ccccc4c3)cc2)C=CC1N(c1ccccc1)c1ccc(-c2ccccc2)cc1. The third kappa shape index (κ3) is 5.55. The molecule has 0 amide bonds. The summed E-state index contributed by atoms with van der Waals surface area (Å²) in [6, 6.07) is 54.6. The van der Waals surface area contributed by atoms with Gasteiger partial charge in [-0.15, -0.1) is 0 Å². The first-order chi connectivity index (χ1) is 21.6. The Bertz CT molecular complexity index is 1920. The van der Waals surface area contributed by atoms with E-state index < -0.39 is 0 Å². The van der Waals surface area contributed by atoms with Crippen LogP contribution in [-0.2, 0) is 0 Å². The van der Waals surface area contributed by atoms with Crippen molar-refractivity contribution in [2.24, 2.45) is 5.92 Å². The van der Waals surface area contributed by atoms with E-state index in [9.17, 15) is 0 Å². The molecule has 44 heavy (non-hydrogen) atoms. The van der Waals surface area contributed by atoms with E-state index >= 15 is 0 Å². The summed E-state index contributed by atoms with van der Waals surface area (Å²) in [6.07, 6.45) is 7.08. The Hall–Kier alpha value is -5.34. The molecule has 1 aliphatic rings. The van der Waals surface area contributed by atoms with Crippen molar-refractivity contribution in [3.63, 3.8) is 0 Å². The third-order valence-corrected chi connectivity index (χ3v) is 8.75. The molecular weight excluding hydrogens is 532 g/mol. The molecule has 6 aromatic carbocycles. The van der Waals surface area contributed by atoms with Crippen LogP contribution in [0.2, 0.25) is 0 Å². The van der Waals surface area contributed by atoms with Gasteiger partial charge in [-0.25, -0.2) is 0 Å². The van der Waals surface area contributed by atoms with Gasteiger partial charge in [0.05, 0.1) is 6.04 Å². The second-order valence-corrected chi connectivity index (χ2v) is 11.6. The molecule has 0 spiro atoms. The minimum atomic E-state index is 0.196. The molecule has 0 saturated heterocycles. The smallest absolute Gasteiger partial charge is 0.0585 e. The van der Waals surface area contributed by atoms with Gasteiger partial charge in [0.15, 0.2) is 0 Å². The maximum absolute atomic E-state index is 2.46. The fraction of sp³-hybridized carbons (Fsp3) is 0.0952.